The Bertz CT molecular complexity index is 637. The van der Waals surface area contributed by atoms with Crippen LogP contribution >= 0.6 is 39.9 Å². The van der Waals surface area contributed by atoms with Gasteiger partial charge in [0.1, 0.15) is 0 Å². The summed E-state index contributed by atoms with van der Waals surface area (Å²) >= 11 is 3.54. The third kappa shape index (κ3) is 6.95. The molecule has 1 aromatic carbocycles. The third-order valence-corrected chi connectivity index (χ3v) is 5.90. The largest absolute Gasteiger partial charge is 0.493 e. The molecule has 0 unspecified atom stereocenters. The van der Waals surface area contributed by atoms with Gasteiger partial charge in [-0.05, 0) is 58.3 Å². The lowest BCUT2D eigenvalue weighted by Crippen LogP contribution is -2.43. The molecule has 1 fully saturated rings. The van der Waals surface area contributed by atoms with E-state index in [0.717, 1.165) is 35.6 Å². The zero-order chi connectivity index (χ0) is 19.7. The van der Waals surface area contributed by atoms with Gasteiger partial charge in [0.2, 0.25) is 0 Å². The van der Waals surface area contributed by atoms with Gasteiger partial charge in [-0.3, -0.25) is 4.99 Å². The van der Waals surface area contributed by atoms with E-state index in [9.17, 15) is 0 Å². The number of nitrogens with one attached hydrogen (secondary N) is 2. The van der Waals surface area contributed by atoms with Gasteiger partial charge in [0.15, 0.2) is 17.5 Å². The first-order chi connectivity index (χ1) is 13.1. The van der Waals surface area contributed by atoms with Crippen molar-refractivity contribution in [3.63, 3.8) is 0 Å². The fourth-order valence-electron chi connectivity index (χ4n) is 3.71. The van der Waals surface area contributed by atoms with Crippen LogP contribution in [0, 0.1) is 5.41 Å². The topological polar surface area (TPSA) is 64.1 Å². The smallest absolute Gasteiger partial charge is 0.191 e. The Morgan fingerprint density at radius 3 is 2.43 bits per heavy atom. The van der Waals surface area contributed by atoms with Gasteiger partial charge in [-0.2, -0.15) is 0 Å². The number of aliphatic imine (C=N–C) groups is 1. The predicted molar refractivity (Wildman–Crippen MR) is 128 cm³/mol. The van der Waals surface area contributed by atoms with Crippen LogP contribution in [0.5, 0.6) is 11.5 Å². The highest BCUT2D eigenvalue weighted by atomic mass is 127. The fourth-order valence-corrected chi connectivity index (χ4v) is 4.36. The molecule has 0 amide bonds. The van der Waals surface area contributed by atoms with E-state index in [1.807, 2.05) is 12.1 Å². The van der Waals surface area contributed by atoms with E-state index >= 15 is 0 Å². The minimum atomic E-state index is 0. The Hall–Kier alpha value is -0.740. The van der Waals surface area contributed by atoms with Crippen LogP contribution in [-0.4, -0.2) is 47.5 Å². The molecular weight excluding hydrogens is 537 g/mol. The van der Waals surface area contributed by atoms with Crippen molar-refractivity contribution in [3.8, 4) is 11.5 Å². The van der Waals surface area contributed by atoms with E-state index in [1.54, 1.807) is 28.4 Å². The van der Waals surface area contributed by atoms with Crippen molar-refractivity contribution in [3.05, 3.63) is 22.2 Å². The van der Waals surface area contributed by atoms with Gasteiger partial charge in [0.05, 0.1) is 18.7 Å². The third-order valence-electron chi connectivity index (χ3n) is 5.31. The SMILES string of the molecule is CN=C(NCc1cc(Br)c(OC)c(OC)c1)NCC1(CCOC)CCCC1.I. The zero-order valence-electron chi connectivity index (χ0n) is 17.3. The van der Waals surface area contributed by atoms with E-state index < -0.39 is 0 Å². The summed E-state index contributed by atoms with van der Waals surface area (Å²) in [7, 11) is 6.85. The van der Waals surface area contributed by atoms with E-state index in [-0.39, 0.29) is 24.0 Å². The maximum absolute atomic E-state index is 5.42. The van der Waals surface area contributed by atoms with Crippen LogP contribution in [0.15, 0.2) is 21.6 Å². The first-order valence-corrected chi connectivity index (χ1v) is 10.2. The van der Waals surface area contributed by atoms with Crippen molar-refractivity contribution in [2.75, 3.05) is 41.5 Å². The maximum atomic E-state index is 5.42. The van der Waals surface area contributed by atoms with Crippen LogP contribution in [0.25, 0.3) is 0 Å². The molecule has 0 aromatic heterocycles. The average molecular weight is 570 g/mol. The van der Waals surface area contributed by atoms with Gasteiger partial charge >= 0.3 is 0 Å². The Balaban J connectivity index is 0.00000392. The minimum absolute atomic E-state index is 0. The molecule has 2 rings (SSSR count). The van der Waals surface area contributed by atoms with Crippen LogP contribution < -0.4 is 20.1 Å². The van der Waals surface area contributed by atoms with Crippen LogP contribution in [0.3, 0.4) is 0 Å². The molecule has 0 saturated heterocycles. The summed E-state index contributed by atoms with van der Waals surface area (Å²) < 4.78 is 17.0. The molecular formula is C20H33BrIN3O3. The molecule has 160 valence electrons. The van der Waals surface area contributed by atoms with E-state index in [2.05, 4.69) is 31.6 Å². The number of benzene rings is 1. The fraction of sp³-hybridized carbons (Fsp3) is 0.650. The Morgan fingerprint density at radius 2 is 1.86 bits per heavy atom. The van der Waals surface area contributed by atoms with Crippen LogP contribution in [0.2, 0.25) is 0 Å². The lowest BCUT2D eigenvalue weighted by molar-refractivity contribution is 0.138. The summed E-state index contributed by atoms with van der Waals surface area (Å²) in [4.78, 5) is 4.37. The van der Waals surface area contributed by atoms with Crippen molar-refractivity contribution >= 4 is 45.9 Å². The molecule has 28 heavy (non-hydrogen) atoms. The molecule has 1 aliphatic rings. The summed E-state index contributed by atoms with van der Waals surface area (Å²) in [5.41, 5.74) is 1.40. The molecule has 0 bridgehead atoms. The first-order valence-electron chi connectivity index (χ1n) is 9.41. The van der Waals surface area contributed by atoms with Crippen molar-refractivity contribution < 1.29 is 14.2 Å². The number of halogens is 2. The molecule has 0 spiro atoms. The minimum Gasteiger partial charge on any atom is -0.493 e. The quantitative estimate of drug-likeness (QED) is 0.263. The lowest BCUT2D eigenvalue weighted by atomic mass is 9.83. The van der Waals surface area contributed by atoms with Gasteiger partial charge in [-0.25, -0.2) is 0 Å². The van der Waals surface area contributed by atoms with Gasteiger partial charge in [0, 0.05) is 33.9 Å². The number of rotatable bonds is 9. The second-order valence-electron chi connectivity index (χ2n) is 7.04. The monoisotopic (exact) mass is 569 g/mol. The van der Waals surface area contributed by atoms with Gasteiger partial charge < -0.3 is 24.8 Å². The summed E-state index contributed by atoms with van der Waals surface area (Å²) in [5, 5.41) is 6.90. The summed E-state index contributed by atoms with van der Waals surface area (Å²) in [6, 6.07) is 4.00. The van der Waals surface area contributed by atoms with Gasteiger partial charge in [-0.15, -0.1) is 24.0 Å². The van der Waals surface area contributed by atoms with Crippen molar-refractivity contribution in [2.24, 2.45) is 10.4 Å². The first kappa shape index (κ1) is 25.3. The molecule has 0 radical (unpaired) electrons. The van der Waals surface area contributed by atoms with E-state index in [1.165, 1.54) is 25.7 Å². The molecule has 2 N–H and O–H groups in total. The summed E-state index contributed by atoms with van der Waals surface area (Å²) in [6.45, 7) is 2.38. The molecule has 6 nitrogen and oxygen atoms in total. The average Bonchev–Trinajstić information content (AvgIpc) is 3.15. The Labute approximate surface area is 194 Å². The van der Waals surface area contributed by atoms with E-state index in [4.69, 9.17) is 14.2 Å². The van der Waals surface area contributed by atoms with Gasteiger partial charge in [-0.1, -0.05) is 12.8 Å². The summed E-state index contributed by atoms with van der Waals surface area (Å²) in [5.74, 6) is 2.21. The highest BCUT2D eigenvalue weighted by molar-refractivity contribution is 14.0. The standard InChI is InChI=1S/C20H32BrN3O3.HI/c1-22-19(24-14-20(9-10-25-2)7-5-6-8-20)23-13-15-11-16(21)18(27-4)17(12-15)26-3;/h11-12H,5-10,13-14H2,1-4H3,(H2,22,23,24);1H. The van der Waals surface area contributed by atoms with Crippen molar-refractivity contribution in [1.29, 1.82) is 0 Å². The number of guanidine groups is 1. The number of nitrogens with zero attached hydrogens (tertiary/aromatic N) is 1. The summed E-state index contributed by atoms with van der Waals surface area (Å²) in [6.07, 6.45) is 6.20. The number of hydrogen-bond donors (Lipinski definition) is 2. The number of ether oxygens (including phenoxy) is 3. The van der Waals surface area contributed by atoms with Crippen LogP contribution in [0.4, 0.5) is 0 Å². The Morgan fingerprint density at radius 1 is 1.14 bits per heavy atom. The second-order valence-corrected chi connectivity index (χ2v) is 7.90. The molecule has 1 aromatic rings. The predicted octanol–water partition coefficient (Wildman–Crippen LogP) is 4.35. The van der Waals surface area contributed by atoms with Gasteiger partial charge in [0.25, 0.3) is 0 Å². The molecule has 0 aliphatic heterocycles. The van der Waals surface area contributed by atoms with E-state index in [0.29, 0.717) is 23.5 Å². The molecule has 8 heteroatoms. The highest BCUT2D eigenvalue weighted by Crippen LogP contribution is 2.40. The molecule has 0 atom stereocenters. The van der Waals surface area contributed by atoms with Crippen molar-refractivity contribution in [2.45, 2.75) is 38.6 Å². The number of hydrogen-bond acceptors (Lipinski definition) is 4. The molecule has 1 aliphatic carbocycles. The molecule has 1 saturated carbocycles. The zero-order valence-corrected chi connectivity index (χ0v) is 21.2. The maximum Gasteiger partial charge on any atom is 0.191 e. The van der Waals surface area contributed by atoms with Crippen molar-refractivity contribution in [1.82, 2.24) is 10.6 Å². The highest BCUT2D eigenvalue weighted by Gasteiger charge is 2.33. The van der Waals surface area contributed by atoms with Crippen LogP contribution in [0.1, 0.15) is 37.7 Å². The van der Waals surface area contributed by atoms with Crippen LogP contribution in [-0.2, 0) is 11.3 Å². The lowest BCUT2D eigenvalue weighted by Gasteiger charge is -2.30. The normalized spacial score (nSPS) is 15.7. The Kier molecular flexibility index (Phi) is 11.5. The number of methoxy groups -OCH3 is 3. The molecule has 0 heterocycles. The second kappa shape index (κ2) is 12.7.